The Morgan fingerprint density at radius 3 is 2.43 bits per heavy atom. The zero-order valence-corrected chi connectivity index (χ0v) is 29.4. The highest BCUT2D eigenvalue weighted by atomic mass is 15.2. The molecule has 1 fully saturated rings. The predicted octanol–water partition coefficient (Wildman–Crippen LogP) is 12.5. The summed E-state index contributed by atoms with van der Waals surface area (Å²) in [5, 5.41) is 11.4. The van der Waals surface area contributed by atoms with Crippen LogP contribution in [0.2, 0.25) is 0 Å². The second kappa shape index (κ2) is 13.2. The summed E-state index contributed by atoms with van der Waals surface area (Å²) >= 11 is 0. The molecular formula is C49H42N2. The normalized spacial score (nSPS) is 17.4. The van der Waals surface area contributed by atoms with Crippen LogP contribution in [-0.2, 0) is 6.42 Å². The van der Waals surface area contributed by atoms with Gasteiger partial charge in [0.2, 0.25) is 0 Å². The molecule has 248 valence electrons. The summed E-state index contributed by atoms with van der Waals surface area (Å²) in [5.74, 6) is 0. The Balaban J connectivity index is 1.22. The second-order valence-corrected chi connectivity index (χ2v) is 14.2. The summed E-state index contributed by atoms with van der Waals surface area (Å²) < 4.78 is 0. The van der Waals surface area contributed by atoms with E-state index in [2.05, 4.69) is 182 Å². The van der Waals surface area contributed by atoms with Gasteiger partial charge in [-0.2, -0.15) is 0 Å². The molecule has 2 heteroatoms. The minimum atomic E-state index is 0.487. The summed E-state index contributed by atoms with van der Waals surface area (Å²) in [6, 6.07) is 37.1. The van der Waals surface area contributed by atoms with Crippen molar-refractivity contribution in [2.24, 2.45) is 0 Å². The molecule has 1 saturated heterocycles. The fraction of sp³-hybridized carbons (Fsp3) is 0.143. The van der Waals surface area contributed by atoms with Crippen LogP contribution in [0.3, 0.4) is 0 Å². The van der Waals surface area contributed by atoms with E-state index in [0.717, 1.165) is 25.8 Å². The molecule has 1 unspecified atom stereocenters. The molecule has 3 aliphatic rings. The molecule has 1 aliphatic heterocycles. The van der Waals surface area contributed by atoms with Crippen LogP contribution in [0, 0.1) is 6.92 Å². The molecule has 0 radical (unpaired) electrons. The number of benzene rings is 6. The lowest BCUT2D eigenvalue weighted by atomic mass is 9.86. The van der Waals surface area contributed by atoms with Crippen molar-refractivity contribution >= 4 is 49.3 Å². The van der Waals surface area contributed by atoms with Gasteiger partial charge < -0.3 is 10.2 Å². The van der Waals surface area contributed by atoms with Crippen LogP contribution in [0.1, 0.15) is 48.1 Å². The molecule has 1 N–H and O–H groups in total. The lowest BCUT2D eigenvalue weighted by Gasteiger charge is -2.29. The Morgan fingerprint density at radius 1 is 0.784 bits per heavy atom. The standard InChI is InChI=1S/C49H42N2/c1-33-11-10-12-35(18-17-33)30-39(36-13-6-5-7-14-36)31-40-29-34(2)43-26-27-45-47(28-22-38-21-25-44(40)49(43)48(38)45)51(41-15-8-3-4-9-16-41)42-23-19-37(20-24-42)46-32-50-46/h3-9,11-15,17-30,46,50H,10,16,31-32H2,1-2H3. The van der Waals surface area contributed by atoms with Crippen LogP contribution in [0.25, 0.3) is 37.9 Å². The SMILES string of the molecule is CC1=CCC=C(C=C(Cc2cc(C)c3ccc4c(N(C5=CC=CC=CC5)c5ccc(C6CN6)cc5)ccc5ccc2c3c54)c2ccccc2)C=C1. The maximum Gasteiger partial charge on any atom is 0.0537 e. The predicted molar refractivity (Wildman–Crippen MR) is 219 cm³/mol. The first-order chi connectivity index (χ1) is 25.1. The Kier molecular flexibility index (Phi) is 8.10. The molecule has 9 rings (SSSR count). The Labute approximate surface area is 301 Å². The van der Waals surface area contributed by atoms with E-state index in [0.29, 0.717) is 6.04 Å². The minimum absolute atomic E-state index is 0.487. The van der Waals surface area contributed by atoms with E-state index in [-0.39, 0.29) is 0 Å². The van der Waals surface area contributed by atoms with Gasteiger partial charge in [-0.05, 0) is 111 Å². The van der Waals surface area contributed by atoms with E-state index >= 15 is 0 Å². The molecule has 6 aromatic carbocycles. The van der Waals surface area contributed by atoms with Gasteiger partial charge in [-0.1, -0.05) is 139 Å². The number of nitrogens with one attached hydrogen (secondary N) is 1. The largest absolute Gasteiger partial charge is 0.313 e. The lowest BCUT2D eigenvalue weighted by molar-refractivity contribution is 1.06. The third-order valence-electron chi connectivity index (χ3n) is 10.7. The van der Waals surface area contributed by atoms with Crippen molar-refractivity contribution in [2.45, 2.75) is 39.2 Å². The molecule has 0 aromatic heterocycles. The van der Waals surface area contributed by atoms with E-state index in [9.17, 15) is 0 Å². The van der Waals surface area contributed by atoms with Crippen molar-refractivity contribution < 1.29 is 0 Å². The highest BCUT2D eigenvalue weighted by Gasteiger charge is 2.24. The van der Waals surface area contributed by atoms with Crippen molar-refractivity contribution in [1.82, 2.24) is 5.32 Å². The molecule has 6 aromatic rings. The molecule has 0 bridgehead atoms. The highest BCUT2D eigenvalue weighted by Crippen LogP contribution is 2.45. The summed E-state index contributed by atoms with van der Waals surface area (Å²) in [6.45, 7) is 5.52. The molecule has 2 aliphatic carbocycles. The number of nitrogens with zero attached hydrogens (tertiary/aromatic N) is 1. The second-order valence-electron chi connectivity index (χ2n) is 14.2. The van der Waals surface area contributed by atoms with Gasteiger partial charge >= 0.3 is 0 Å². The van der Waals surface area contributed by atoms with Crippen LogP contribution >= 0.6 is 0 Å². The van der Waals surface area contributed by atoms with Gasteiger partial charge in [0.1, 0.15) is 0 Å². The van der Waals surface area contributed by atoms with Gasteiger partial charge in [0.25, 0.3) is 0 Å². The Bertz CT molecular complexity index is 2500. The quantitative estimate of drug-likeness (QED) is 0.130. The molecular weight excluding hydrogens is 617 g/mol. The number of rotatable bonds is 8. The average Bonchev–Trinajstić information content (AvgIpc) is 4.04. The van der Waals surface area contributed by atoms with E-state index < -0.39 is 0 Å². The summed E-state index contributed by atoms with van der Waals surface area (Å²) in [6.07, 6.45) is 25.1. The molecule has 51 heavy (non-hydrogen) atoms. The van der Waals surface area contributed by atoms with Crippen LogP contribution in [0.4, 0.5) is 11.4 Å². The fourth-order valence-corrected chi connectivity index (χ4v) is 7.98. The zero-order valence-electron chi connectivity index (χ0n) is 29.4. The molecule has 0 spiro atoms. The monoisotopic (exact) mass is 658 g/mol. The average molecular weight is 659 g/mol. The molecule has 0 amide bonds. The van der Waals surface area contributed by atoms with E-state index in [1.165, 1.54) is 88.4 Å². The maximum atomic E-state index is 3.46. The number of anilines is 2. The molecule has 1 atom stereocenters. The third-order valence-corrected chi connectivity index (χ3v) is 10.7. The van der Waals surface area contributed by atoms with Gasteiger partial charge in [0.15, 0.2) is 0 Å². The maximum absolute atomic E-state index is 3.46. The van der Waals surface area contributed by atoms with Crippen LogP contribution in [0.5, 0.6) is 0 Å². The fourth-order valence-electron chi connectivity index (χ4n) is 7.98. The number of hydrogen-bond acceptors (Lipinski definition) is 2. The van der Waals surface area contributed by atoms with E-state index in [1.807, 2.05) is 0 Å². The topological polar surface area (TPSA) is 25.2 Å². The number of aryl methyl sites for hydroxylation is 1. The summed E-state index contributed by atoms with van der Waals surface area (Å²) in [7, 11) is 0. The van der Waals surface area contributed by atoms with Crippen molar-refractivity contribution in [3.63, 3.8) is 0 Å². The lowest BCUT2D eigenvalue weighted by Crippen LogP contribution is -2.16. The van der Waals surface area contributed by atoms with E-state index in [4.69, 9.17) is 0 Å². The van der Waals surface area contributed by atoms with Gasteiger partial charge in [-0.25, -0.2) is 0 Å². The van der Waals surface area contributed by atoms with E-state index in [1.54, 1.807) is 0 Å². The van der Waals surface area contributed by atoms with Crippen molar-refractivity contribution in [1.29, 1.82) is 0 Å². The van der Waals surface area contributed by atoms with Crippen LogP contribution < -0.4 is 10.2 Å². The summed E-state index contributed by atoms with van der Waals surface area (Å²) in [5.41, 5.74) is 12.9. The molecule has 1 heterocycles. The van der Waals surface area contributed by atoms with Gasteiger partial charge in [-0.3, -0.25) is 0 Å². The molecule has 0 saturated carbocycles. The van der Waals surface area contributed by atoms with Crippen molar-refractivity contribution in [2.75, 3.05) is 11.4 Å². The number of allylic oxidation sites excluding steroid dienone is 13. The van der Waals surface area contributed by atoms with Crippen molar-refractivity contribution in [3.05, 3.63) is 197 Å². The minimum Gasteiger partial charge on any atom is -0.313 e. The Hall–Kier alpha value is -5.70. The van der Waals surface area contributed by atoms with Crippen molar-refractivity contribution in [3.8, 4) is 0 Å². The zero-order chi connectivity index (χ0) is 34.3. The van der Waals surface area contributed by atoms with Gasteiger partial charge in [0.05, 0.1) is 5.69 Å². The first-order valence-corrected chi connectivity index (χ1v) is 18.3. The van der Waals surface area contributed by atoms with Crippen LogP contribution in [-0.4, -0.2) is 6.54 Å². The molecule has 2 nitrogen and oxygen atoms in total. The van der Waals surface area contributed by atoms with Gasteiger partial charge in [0, 0.05) is 35.8 Å². The third kappa shape index (κ3) is 6.07. The van der Waals surface area contributed by atoms with Gasteiger partial charge in [-0.15, -0.1) is 0 Å². The summed E-state index contributed by atoms with van der Waals surface area (Å²) in [4.78, 5) is 2.48. The Morgan fingerprint density at radius 2 is 1.59 bits per heavy atom. The highest BCUT2D eigenvalue weighted by molar-refractivity contribution is 6.26. The van der Waals surface area contributed by atoms with Crippen LogP contribution in [0.15, 0.2) is 175 Å². The first-order valence-electron chi connectivity index (χ1n) is 18.3. The first kappa shape index (κ1) is 31.3. The number of hydrogen-bond donors (Lipinski definition) is 1. The smallest absolute Gasteiger partial charge is 0.0537 e.